The van der Waals surface area contributed by atoms with Crippen molar-refractivity contribution in [3.05, 3.63) is 71.5 Å². The second kappa shape index (κ2) is 7.40. The molecule has 1 fully saturated rings. The monoisotopic (exact) mass is 311 g/mol. The lowest BCUT2D eigenvalue weighted by Gasteiger charge is -2.25. The van der Waals surface area contributed by atoms with Crippen molar-refractivity contribution in [3.63, 3.8) is 0 Å². The Hall–Kier alpha value is -2.16. The highest BCUT2D eigenvalue weighted by molar-refractivity contribution is 5.77. The molecular formula is C20H22FNO. The standard InChI is InChI=1S/C20H22FNO/c21-18-11-8-16(9-12-18)10-13-20(23)22-14-4-7-19(22)15-17-5-2-1-3-6-17/h1-3,5-6,8-9,11-12,19H,4,7,10,13-15H2. The summed E-state index contributed by atoms with van der Waals surface area (Å²) in [5, 5.41) is 0. The summed E-state index contributed by atoms with van der Waals surface area (Å²) >= 11 is 0. The summed E-state index contributed by atoms with van der Waals surface area (Å²) in [6.07, 6.45) is 4.27. The predicted octanol–water partition coefficient (Wildman–Crippen LogP) is 3.99. The topological polar surface area (TPSA) is 20.3 Å². The molecule has 1 heterocycles. The average Bonchev–Trinajstić information content (AvgIpc) is 3.03. The molecule has 3 heteroatoms. The van der Waals surface area contributed by atoms with Gasteiger partial charge in [-0.05, 0) is 48.9 Å². The van der Waals surface area contributed by atoms with Gasteiger partial charge < -0.3 is 4.90 Å². The zero-order valence-corrected chi connectivity index (χ0v) is 13.2. The second-order valence-electron chi connectivity index (χ2n) is 6.20. The first kappa shape index (κ1) is 15.7. The molecule has 2 aromatic carbocycles. The van der Waals surface area contributed by atoms with Gasteiger partial charge in [0, 0.05) is 19.0 Å². The molecule has 120 valence electrons. The molecule has 1 atom stereocenters. The number of amides is 1. The third-order valence-electron chi connectivity index (χ3n) is 4.55. The Labute approximate surface area is 136 Å². The molecule has 0 bridgehead atoms. The lowest BCUT2D eigenvalue weighted by molar-refractivity contribution is -0.131. The molecule has 3 rings (SSSR count). The number of benzene rings is 2. The molecule has 2 nitrogen and oxygen atoms in total. The molecule has 2 aromatic rings. The first-order valence-electron chi connectivity index (χ1n) is 8.30. The van der Waals surface area contributed by atoms with Crippen molar-refractivity contribution >= 4 is 5.91 Å². The average molecular weight is 311 g/mol. The zero-order chi connectivity index (χ0) is 16.1. The van der Waals surface area contributed by atoms with Crippen molar-refractivity contribution in [1.82, 2.24) is 4.90 Å². The summed E-state index contributed by atoms with van der Waals surface area (Å²) < 4.78 is 12.9. The van der Waals surface area contributed by atoms with E-state index in [1.165, 1.54) is 17.7 Å². The van der Waals surface area contributed by atoms with Gasteiger partial charge in [0.05, 0.1) is 0 Å². The third-order valence-corrected chi connectivity index (χ3v) is 4.55. The maximum atomic E-state index is 12.9. The second-order valence-corrected chi connectivity index (χ2v) is 6.20. The van der Waals surface area contributed by atoms with Crippen LogP contribution in [0.4, 0.5) is 4.39 Å². The van der Waals surface area contributed by atoms with E-state index in [0.717, 1.165) is 31.4 Å². The van der Waals surface area contributed by atoms with E-state index < -0.39 is 0 Å². The molecule has 1 aliphatic heterocycles. The van der Waals surface area contributed by atoms with Crippen molar-refractivity contribution in [3.8, 4) is 0 Å². The van der Waals surface area contributed by atoms with E-state index in [1.54, 1.807) is 12.1 Å². The molecule has 1 aliphatic rings. The Balaban J connectivity index is 1.56. The van der Waals surface area contributed by atoms with Gasteiger partial charge in [-0.2, -0.15) is 0 Å². The number of hydrogen-bond donors (Lipinski definition) is 0. The smallest absolute Gasteiger partial charge is 0.223 e. The van der Waals surface area contributed by atoms with E-state index >= 15 is 0 Å². The number of rotatable bonds is 5. The molecule has 1 saturated heterocycles. The van der Waals surface area contributed by atoms with Crippen molar-refractivity contribution in [1.29, 1.82) is 0 Å². The maximum Gasteiger partial charge on any atom is 0.223 e. The Kier molecular flexibility index (Phi) is 5.06. The SMILES string of the molecule is O=C(CCc1ccc(F)cc1)N1CCCC1Cc1ccccc1. The molecule has 0 N–H and O–H groups in total. The van der Waals surface area contributed by atoms with Crippen LogP contribution in [0.3, 0.4) is 0 Å². The summed E-state index contributed by atoms with van der Waals surface area (Å²) in [5.41, 5.74) is 2.30. The number of hydrogen-bond acceptors (Lipinski definition) is 1. The minimum Gasteiger partial charge on any atom is -0.339 e. The van der Waals surface area contributed by atoms with Crippen LogP contribution in [0.15, 0.2) is 54.6 Å². The Morgan fingerprint density at radius 3 is 2.52 bits per heavy atom. The third kappa shape index (κ3) is 4.19. The highest BCUT2D eigenvalue weighted by Gasteiger charge is 2.28. The largest absolute Gasteiger partial charge is 0.339 e. The molecular weight excluding hydrogens is 289 g/mol. The zero-order valence-electron chi connectivity index (χ0n) is 13.2. The van der Waals surface area contributed by atoms with E-state index in [2.05, 4.69) is 12.1 Å². The highest BCUT2D eigenvalue weighted by atomic mass is 19.1. The molecule has 1 amide bonds. The lowest BCUT2D eigenvalue weighted by atomic mass is 10.0. The van der Waals surface area contributed by atoms with Crippen LogP contribution < -0.4 is 0 Å². The van der Waals surface area contributed by atoms with Gasteiger partial charge >= 0.3 is 0 Å². The summed E-state index contributed by atoms with van der Waals surface area (Å²) in [6, 6.07) is 17.1. The molecule has 0 spiro atoms. The van der Waals surface area contributed by atoms with Gasteiger partial charge in [0.2, 0.25) is 5.91 Å². The van der Waals surface area contributed by atoms with Crippen molar-refractivity contribution in [2.45, 2.75) is 38.1 Å². The van der Waals surface area contributed by atoms with Crippen LogP contribution >= 0.6 is 0 Å². The maximum absolute atomic E-state index is 12.9. The van der Waals surface area contributed by atoms with Crippen LogP contribution in [0.5, 0.6) is 0 Å². The van der Waals surface area contributed by atoms with Crippen LogP contribution in [0, 0.1) is 5.82 Å². The van der Waals surface area contributed by atoms with E-state index in [9.17, 15) is 9.18 Å². The van der Waals surface area contributed by atoms with Gasteiger partial charge in [0.25, 0.3) is 0 Å². The minimum absolute atomic E-state index is 0.216. The fourth-order valence-electron chi connectivity index (χ4n) is 3.31. The fraction of sp³-hybridized carbons (Fsp3) is 0.350. The fourth-order valence-corrected chi connectivity index (χ4v) is 3.31. The number of likely N-dealkylation sites (tertiary alicyclic amines) is 1. The first-order valence-corrected chi connectivity index (χ1v) is 8.30. The number of nitrogens with zero attached hydrogens (tertiary/aromatic N) is 1. The first-order chi connectivity index (χ1) is 11.2. The lowest BCUT2D eigenvalue weighted by Crippen LogP contribution is -2.36. The van der Waals surface area contributed by atoms with Gasteiger partial charge in [-0.25, -0.2) is 4.39 Å². The van der Waals surface area contributed by atoms with Crippen molar-refractivity contribution in [2.75, 3.05) is 6.54 Å². The van der Waals surface area contributed by atoms with Crippen molar-refractivity contribution < 1.29 is 9.18 Å². The number of carbonyl (C=O) groups is 1. The summed E-state index contributed by atoms with van der Waals surface area (Å²) in [6.45, 7) is 0.861. The molecule has 23 heavy (non-hydrogen) atoms. The van der Waals surface area contributed by atoms with E-state index in [0.29, 0.717) is 18.9 Å². The van der Waals surface area contributed by atoms with Gasteiger partial charge in [-0.1, -0.05) is 42.5 Å². The Morgan fingerprint density at radius 1 is 1.04 bits per heavy atom. The number of halogens is 1. The van der Waals surface area contributed by atoms with Crippen LogP contribution in [0.2, 0.25) is 0 Å². The predicted molar refractivity (Wildman–Crippen MR) is 89.6 cm³/mol. The highest BCUT2D eigenvalue weighted by Crippen LogP contribution is 2.22. The van der Waals surface area contributed by atoms with Gasteiger partial charge in [0.15, 0.2) is 0 Å². The Bertz CT molecular complexity index is 638. The van der Waals surface area contributed by atoms with E-state index in [1.807, 2.05) is 23.1 Å². The number of aryl methyl sites for hydroxylation is 1. The van der Waals surface area contributed by atoms with E-state index in [4.69, 9.17) is 0 Å². The molecule has 0 radical (unpaired) electrons. The summed E-state index contributed by atoms with van der Waals surface area (Å²) in [4.78, 5) is 14.6. The molecule has 0 aliphatic carbocycles. The van der Waals surface area contributed by atoms with Crippen LogP contribution in [-0.4, -0.2) is 23.4 Å². The molecule has 1 unspecified atom stereocenters. The van der Waals surface area contributed by atoms with Crippen LogP contribution in [-0.2, 0) is 17.6 Å². The number of carbonyl (C=O) groups excluding carboxylic acids is 1. The quantitative estimate of drug-likeness (QED) is 0.817. The normalized spacial score (nSPS) is 17.4. The van der Waals surface area contributed by atoms with Gasteiger partial charge in [0.1, 0.15) is 5.82 Å². The van der Waals surface area contributed by atoms with Gasteiger partial charge in [-0.3, -0.25) is 4.79 Å². The summed E-state index contributed by atoms with van der Waals surface area (Å²) in [5.74, 6) is -0.0182. The van der Waals surface area contributed by atoms with Crippen LogP contribution in [0.25, 0.3) is 0 Å². The minimum atomic E-state index is -0.234. The summed E-state index contributed by atoms with van der Waals surface area (Å²) in [7, 11) is 0. The van der Waals surface area contributed by atoms with Crippen molar-refractivity contribution in [2.24, 2.45) is 0 Å². The van der Waals surface area contributed by atoms with Crippen LogP contribution in [0.1, 0.15) is 30.4 Å². The molecule has 0 saturated carbocycles. The Morgan fingerprint density at radius 2 is 1.78 bits per heavy atom. The molecule has 0 aromatic heterocycles. The van der Waals surface area contributed by atoms with Gasteiger partial charge in [-0.15, -0.1) is 0 Å². The van der Waals surface area contributed by atoms with E-state index in [-0.39, 0.29) is 11.7 Å².